The molecule has 0 amide bonds. The summed E-state index contributed by atoms with van der Waals surface area (Å²) in [5, 5.41) is 4.32. The van der Waals surface area contributed by atoms with E-state index in [4.69, 9.17) is 0 Å². The van der Waals surface area contributed by atoms with Crippen LogP contribution in [0.1, 0.15) is 17.0 Å². The molecule has 0 aliphatic heterocycles. The number of benzene rings is 4. The number of rotatable bonds is 3. The molecular weight excluding hydrogens is 388 g/mol. The van der Waals surface area contributed by atoms with Gasteiger partial charge in [0, 0.05) is 5.92 Å². The van der Waals surface area contributed by atoms with E-state index in [-0.39, 0.29) is 0 Å². The second-order valence-corrected chi connectivity index (χ2v) is 10.6. The van der Waals surface area contributed by atoms with Crippen molar-refractivity contribution in [2.75, 3.05) is 0 Å². The molecule has 31 heavy (non-hydrogen) atoms. The molecule has 0 spiro atoms. The van der Waals surface area contributed by atoms with Crippen LogP contribution in [0.4, 0.5) is 0 Å². The van der Waals surface area contributed by atoms with Gasteiger partial charge in [0.15, 0.2) is 0 Å². The van der Waals surface area contributed by atoms with Crippen molar-refractivity contribution in [3.05, 3.63) is 144 Å². The lowest BCUT2D eigenvalue weighted by Gasteiger charge is -2.14. The average Bonchev–Trinajstić information content (AvgIpc) is 3.43. The van der Waals surface area contributed by atoms with E-state index in [9.17, 15) is 0 Å². The van der Waals surface area contributed by atoms with Gasteiger partial charge in [-0.05, 0) is 43.4 Å². The summed E-state index contributed by atoms with van der Waals surface area (Å²) in [4.78, 5) is 0. The zero-order chi connectivity index (χ0) is 20.6. The van der Waals surface area contributed by atoms with E-state index in [1.165, 1.54) is 43.4 Å². The van der Waals surface area contributed by atoms with E-state index in [2.05, 4.69) is 127 Å². The van der Waals surface area contributed by atoms with E-state index >= 15 is 0 Å². The maximum atomic E-state index is 2.47. The van der Waals surface area contributed by atoms with Gasteiger partial charge in [-0.1, -0.05) is 127 Å². The summed E-state index contributed by atoms with van der Waals surface area (Å²) >= 11 is 0. The van der Waals surface area contributed by atoms with Crippen LogP contribution in [0.5, 0.6) is 0 Å². The molecule has 0 unspecified atom stereocenters. The van der Waals surface area contributed by atoms with Crippen molar-refractivity contribution in [3.8, 4) is 11.1 Å². The molecule has 0 heterocycles. The molecule has 0 nitrogen and oxygen atoms in total. The Bertz CT molecular complexity index is 1270. The lowest BCUT2D eigenvalue weighted by molar-refractivity contribution is 1.02. The standard InChI is InChI=1S/C30H22Si/c1-3-11-23(12-4-1)31(24-13-5-2-6-14-24)25-20-19-22(21-25)30-28-17-9-7-15-26(28)27-16-8-10-18-29(27)30/h1-21,30H. The molecule has 1 heteroatoms. The summed E-state index contributed by atoms with van der Waals surface area (Å²) in [6, 6.07) is 39.8. The molecule has 0 bridgehead atoms. The van der Waals surface area contributed by atoms with Gasteiger partial charge in [-0.15, -0.1) is 0 Å². The molecule has 6 rings (SSSR count). The quantitative estimate of drug-likeness (QED) is 0.399. The number of allylic oxidation sites excluding steroid dienone is 4. The summed E-state index contributed by atoms with van der Waals surface area (Å²) in [6.45, 7) is 0. The number of fused-ring (bicyclic) bond motifs is 3. The molecule has 0 fully saturated rings. The number of hydrogen-bond donors (Lipinski definition) is 0. The van der Waals surface area contributed by atoms with Crippen molar-refractivity contribution >= 4 is 24.0 Å². The zero-order valence-electron chi connectivity index (χ0n) is 17.2. The molecule has 0 atom stereocenters. The normalized spacial score (nSPS) is 14.3. The van der Waals surface area contributed by atoms with Crippen molar-refractivity contribution in [2.24, 2.45) is 0 Å². The molecule has 0 N–H and O–H groups in total. The van der Waals surface area contributed by atoms with Crippen LogP contribution in [0.2, 0.25) is 0 Å². The SMILES string of the molecule is C1=CC(=[Si](c2ccccc2)c2ccccc2)C=C1C1c2ccccc2-c2ccccc21. The monoisotopic (exact) mass is 410 g/mol. The highest BCUT2D eigenvalue weighted by molar-refractivity contribution is 6.94. The second kappa shape index (κ2) is 7.61. The minimum atomic E-state index is -1.04. The van der Waals surface area contributed by atoms with Crippen LogP contribution in [0.25, 0.3) is 11.1 Å². The Balaban J connectivity index is 1.53. The third kappa shape index (κ3) is 3.10. The Morgan fingerprint density at radius 2 is 0.968 bits per heavy atom. The topological polar surface area (TPSA) is 0 Å². The van der Waals surface area contributed by atoms with Crippen molar-refractivity contribution in [3.63, 3.8) is 0 Å². The minimum Gasteiger partial charge on any atom is -0.0623 e. The van der Waals surface area contributed by atoms with Gasteiger partial charge in [0.1, 0.15) is 0 Å². The van der Waals surface area contributed by atoms with Crippen LogP contribution in [-0.2, 0) is 0 Å². The molecule has 4 aromatic rings. The minimum absolute atomic E-state index is 0.316. The Kier molecular flexibility index (Phi) is 4.47. The van der Waals surface area contributed by atoms with Crippen molar-refractivity contribution in [2.45, 2.75) is 5.92 Å². The maximum absolute atomic E-state index is 2.47. The van der Waals surface area contributed by atoms with E-state index in [0.29, 0.717) is 5.92 Å². The molecule has 2 aliphatic carbocycles. The molecule has 0 saturated heterocycles. The largest absolute Gasteiger partial charge is 0.0877 e. The van der Waals surface area contributed by atoms with E-state index in [1.807, 2.05) is 0 Å². The molecular formula is C30H22Si. The predicted molar refractivity (Wildman–Crippen MR) is 134 cm³/mol. The van der Waals surface area contributed by atoms with Crippen LogP contribution in [0.15, 0.2) is 133 Å². The fraction of sp³-hybridized carbons (Fsp3) is 0.0333. The highest BCUT2D eigenvalue weighted by Gasteiger charge is 2.31. The summed E-state index contributed by atoms with van der Waals surface area (Å²) in [5.74, 6) is 0.316. The van der Waals surface area contributed by atoms with Crippen molar-refractivity contribution in [1.29, 1.82) is 0 Å². The van der Waals surface area contributed by atoms with Crippen LogP contribution >= 0.6 is 0 Å². The summed E-state index contributed by atoms with van der Waals surface area (Å²) < 4.78 is 0. The molecule has 4 aromatic carbocycles. The lowest BCUT2D eigenvalue weighted by Crippen LogP contribution is -2.39. The van der Waals surface area contributed by atoms with Gasteiger partial charge >= 0.3 is 0 Å². The first kappa shape index (κ1) is 18.2. The van der Waals surface area contributed by atoms with E-state index in [0.717, 1.165) is 0 Å². The van der Waals surface area contributed by atoms with Crippen LogP contribution in [0.3, 0.4) is 0 Å². The van der Waals surface area contributed by atoms with Gasteiger partial charge in [0.2, 0.25) is 0 Å². The van der Waals surface area contributed by atoms with Gasteiger partial charge in [-0.2, -0.15) is 0 Å². The van der Waals surface area contributed by atoms with E-state index in [1.54, 1.807) is 0 Å². The van der Waals surface area contributed by atoms with Gasteiger partial charge in [-0.25, -0.2) is 0 Å². The predicted octanol–water partition coefficient (Wildman–Crippen LogP) is 5.36. The van der Waals surface area contributed by atoms with Gasteiger partial charge in [-0.3, -0.25) is 0 Å². The summed E-state index contributed by atoms with van der Waals surface area (Å²) in [7, 11) is -1.04. The fourth-order valence-corrected chi connectivity index (χ4v) is 7.63. The third-order valence-electron chi connectivity index (χ3n) is 6.36. The Labute approximate surface area is 185 Å². The van der Waals surface area contributed by atoms with Crippen LogP contribution in [-0.4, -0.2) is 13.6 Å². The molecule has 0 radical (unpaired) electrons. The Morgan fingerprint density at radius 1 is 0.484 bits per heavy atom. The first-order valence-corrected chi connectivity index (χ1v) is 12.3. The smallest absolute Gasteiger partial charge is 0.0623 e. The van der Waals surface area contributed by atoms with Gasteiger partial charge in [0.05, 0.1) is 8.41 Å². The summed E-state index contributed by atoms with van der Waals surface area (Å²) in [6.07, 6.45) is 7.19. The first-order valence-electron chi connectivity index (χ1n) is 10.8. The second-order valence-electron chi connectivity index (χ2n) is 8.15. The number of hydrogen-bond acceptors (Lipinski definition) is 0. The summed E-state index contributed by atoms with van der Waals surface area (Å²) in [5.41, 5.74) is 7.01. The lowest BCUT2D eigenvalue weighted by atomic mass is 9.90. The van der Waals surface area contributed by atoms with Crippen LogP contribution < -0.4 is 10.4 Å². The maximum Gasteiger partial charge on any atom is 0.0877 e. The molecule has 2 aliphatic rings. The first-order chi connectivity index (χ1) is 15.4. The van der Waals surface area contributed by atoms with Crippen molar-refractivity contribution in [1.82, 2.24) is 0 Å². The van der Waals surface area contributed by atoms with Crippen molar-refractivity contribution < 1.29 is 0 Å². The van der Waals surface area contributed by atoms with E-state index < -0.39 is 8.41 Å². The molecule has 0 saturated carbocycles. The highest BCUT2D eigenvalue weighted by Crippen LogP contribution is 2.48. The van der Waals surface area contributed by atoms with Gasteiger partial charge in [0.25, 0.3) is 0 Å². The Morgan fingerprint density at radius 3 is 1.52 bits per heavy atom. The van der Waals surface area contributed by atoms with Crippen LogP contribution in [0, 0.1) is 0 Å². The highest BCUT2D eigenvalue weighted by atomic mass is 28.2. The molecule has 0 aromatic heterocycles. The fourth-order valence-electron chi connectivity index (χ4n) is 5.02. The van der Waals surface area contributed by atoms with Gasteiger partial charge < -0.3 is 0 Å². The third-order valence-corrected chi connectivity index (χ3v) is 9.07. The Hall–Kier alpha value is -3.55. The molecule has 146 valence electrons. The average molecular weight is 411 g/mol. The zero-order valence-corrected chi connectivity index (χ0v) is 18.2.